The van der Waals surface area contributed by atoms with E-state index < -0.39 is 0 Å². The van der Waals surface area contributed by atoms with E-state index in [1.165, 1.54) is 19.0 Å². The molecular weight excluding hydrogens is 175 g/mol. The predicted octanol–water partition coefficient (Wildman–Crippen LogP) is 4.58. The van der Waals surface area contributed by atoms with Crippen LogP contribution in [-0.4, -0.2) is 19.5 Å². The molecule has 80 valence electrons. The van der Waals surface area contributed by atoms with Gasteiger partial charge in [-0.3, -0.25) is 0 Å². The molecule has 0 aliphatic rings. The van der Waals surface area contributed by atoms with E-state index in [4.69, 9.17) is 0 Å². The molecule has 0 saturated heterocycles. The average molecular weight is 202 g/mol. The van der Waals surface area contributed by atoms with Crippen molar-refractivity contribution in [2.75, 3.05) is 19.5 Å². The molecule has 0 aliphatic carbocycles. The van der Waals surface area contributed by atoms with E-state index in [0.29, 0.717) is 10.8 Å². The van der Waals surface area contributed by atoms with Crippen molar-refractivity contribution in [3.05, 3.63) is 0 Å². The van der Waals surface area contributed by atoms with Gasteiger partial charge in [-0.15, -0.1) is 7.92 Å². The van der Waals surface area contributed by atoms with Gasteiger partial charge >= 0.3 is 0 Å². The molecule has 0 amide bonds. The molecule has 0 aliphatic heterocycles. The van der Waals surface area contributed by atoms with Crippen LogP contribution in [0, 0.1) is 10.8 Å². The van der Waals surface area contributed by atoms with Crippen molar-refractivity contribution in [1.29, 1.82) is 0 Å². The third kappa shape index (κ3) is 3.98. The van der Waals surface area contributed by atoms with Crippen LogP contribution >= 0.6 is 7.92 Å². The fourth-order valence-electron chi connectivity index (χ4n) is 1.97. The molecule has 0 atom stereocenters. The SMILES string of the molecule is CCCC(C)(C)C(C)(C)CP(C)C. The normalized spacial score (nSPS) is 13.8. The van der Waals surface area contributed by atoms with Gasteiger partial charge in [0, 0.05) is 0 Å². The number of rotatable bonds is 5. The van der Waals surface area contributed by atoms with Crippen LogP contribution in [-0.2, 0) is 0 Å². The standard InChI is InChI=1S/C12H27P/c1-8-9-11(2,3)12(4,5)10-13(6)7/h8-10H2,1-7H3. The van der Waals surface area contributed by atoms with E-state index >= 15 is 0 Å². The Balaban J connectivity index is 4.40. The molecule has 0 fully saturated rings. The summed E-state index contributed by atoms with van der Waals surface area (Å²) in [5, 5.41) is 0. The largest absolute Gasteiger partial charge is 0.113 e. The first-order chi connectivity index (χ1) is 5.73. The number of hydrogen-bond donors (Lipinski definition) is 0. The lowest BCUT2D eigenvalue weighted by atomic mass is 9.67. The Morgan fingerprint density at radius 1 is 0.923 bits per heavy atom. The van der Waals surface area contributed by atoms with Crippen molar-refractivity contribution in [2.45, 2.75) is 47.5 Å². The molecule has 0 spiro atoms. The van der Waals surface area contributed by atoms with Gasteiger partial charge in [-0.25, -0.2) is 0 Å². The molecule has 0 saturated carbocycles. The molecule has 0 heterocycles. The second kappa shape index (κ2) is 4.78. The quantitative estimate of drug-likeness (QED) is 0.572. The van der Waals surface area contributed by atoms with E-state index in [9.17, 15) is 0 Å². The summed E-state index contributed by atoms with van der Waals surface area (Å²) in [5.74, 6) is 0. The molecule has 0 rings (SSSR count). The van der Waals surface area contributed by atoms with Crippen LogP contribution in [0.1, 0.15) is 47.5 Å². The van der Waals surface area contributed by atoms with Gasteiger partial charge in [-0.1, -0.05) is 41.0 Å². The highest BCUT2D eigenvalue weighted by Gasteiger charge is 2.36. The zero-order chi connectivity index (χ0) is 10.7. The van der Waals surface area contributed by atoms with Crippen molar-refractivity contribution in [3.63, 3.8) is 0 Å². The van der Waals surface area contributed by atoms with Gasteiger partial charge in [0.15, 0.2) is 0 Å². The Bertz CT molecular complexity index is 145. The van der Waals surface area contributed by atoms with Gasteiger partial charge in [-0.05, 0) is 36.7 Å². The number of hydrogen-bond acceptors (Lipinski definition) is 0. The maximum Gasteiger partial charge on any atom is -0.0264 e. The lowest BCUT2D eigenvalue weighted by Crippen LogP contribution is -2.34. The molecule has 0 N–H and O–H groups in total. The summed E-state index contributed by atoms with van der Waals surface area (Å²) >= 11 is 0. The molecule has 0 bridgehead atoms. The summed E-state index contributed by atoms with van der Waals surface area (Å²) in [4.78, 5) is 0. The summed E-state index contributed by atoms with van der Waals surface area (Å²) in [5.41, 5.74) is 0.993. The summed E-state index contributed by atoms with van der Waals surface area (Å²) in [6.07, 6.45) is 4.06. The summed E-state index contributed by atoms with van der Waals surface area (Å²) in [6, 6.07) is 0. The highest BCUT2D eigenvalue weighted by atomic mass is 31.1. The molecule has 0 aromatic heterocycles. The average Bonchev–Trinajstić information content (AvgIpc) is 1.82. The van der Waals surface area contributed by atoms with Crippen molar-refractivity contribution in [2.24, 2.45) is 10.8 Å². The summed E-state index contributed by atoms with van der Waals surface area (Å²) < 4.78 is 0. The Morgan fingerprint density at radius 3 is 1.69 bits per heavy atom. The molecule has 0 unspecified atom stereocenters. The zero-order valence-electron chi connectivity index (χ0n) is 10.6. The van der Waals surface area contributed by atoms with Crippen molar-refractivity contribution < 1.29 is 0 Å². The van der Waals surface area contributed by atoms with Crippen LogP contribution in [0.15, 0.2) is 0 Å². The molecule has 0 aromatic carbocycles. The van der Waals surface area contributed by atoms with Crippen LogP contribution in [0.3, 0.4) is 0 Å². The van der Waals surface area contributed by atoms with E-state index in [0.717, 1.165) is 0 Å². The second-order valence-electron chi connectivity index (χ2n) is 5.76. The van der Waals surface area contributed by atoms with Crippen molar-refractivity contribution in [3.8, 4) is 0 Å². The van der Waals surface area contributed by atoms with Crippen LogP contribution in [0.5, 0.6) is 0 Å². The Kier molecular flexibility index (Phi) is 4.94. The van der Waals surface area contributed by atoms with Crippen LogP contribution in [0.4, 0.5) is 0 Å². The van der Waals surface area contributed by atoms with Gasteiger partial charge in [0.2, 0.25) is 0 Å². The van der Waals surface area contributed by atoms with Gasteiger partial charge in [-0.2, -0.15) is 0 Å². The lowest BCUT2D eigenvalue weighted by Gasteiger charge is -2.43. The molecule has 0 aromatic rings. The first kappa shape index (κ1) is 13.4. The zero-order valence-corrected chi connectivity index (χ0v) is 11.5. The van der Waals surface area contributed by atoms with Crippen LogP contribution in [0.25, 0.3) is 0 Å². The fraction of sp³-hybridized carbons (Fsp3) is 1.00. The predicted molar refractivity (Wildman–Crippen MR) is 66.1 cm³/mol. The van der Waals surface area contributed by atoms with E-state index in [1.54, 1.807) is 0 Å². The third-order valence-corrected chi connectivity index (χ3v) is 4.84. The van der Waals surface area contributed by atoms with Crippen molar-refractivity contribution in [1.82, 2.24) is 0 Å². The topological polar surface area (TPSA) is 0 Å². The molecule has 1 heteroatoms. The highest BCUT2D eigenvalue weighted by molar-refractivity contribution is 7.56. The monoisotopic (exact) mass is 202 g/mol. The summed E-state index contributed by atoms with van der Waals surface area (Å²) in [6.45, 7) is 16.8. The first-order valence-corrected chi connectivity index (χ1v) is 7.80. The van der Waals surface area contributed by atoms with Gasteiger partial charge in [0.1, 0.15) is 0 Å². The lowest BCUT2D eigenvalue weighted by molar-refractivity contribution is 0.123. The Morgan fingerprint density at radius 2 is 1.38 bits per heavy atom. The van der Waals surface area contributed by atoms with Crippen LogP contribution in [0.2, 0.25) is 0 Å². The Labute approximate surface area is 86.3 Å². The van der Waals surface area contributed by atoms with Gasteiger partial charge in [0.05, 0.1) is 0 Å². The fourth-order valence-corrected chi connectivity index (χ4v) is 3.98. The third-order valence-electron chi connectivity index (χ3n) is 3.42. The Hall–Kier alpha value is 0.430. The maximum atomic E-state index is 2.44. The maximum absolute atomic E-state index is 2.44. The first-order valence-electron chi connectivity index (χ1n) is 5.37. The van der Waals surface area contributed by atoms with E-state index in [2.05, 4.69) is 47.9 Å². The second-order valence-corrected chi connectivity index (χ2v) is 8.23. The molecule has 13 heavy (non-hydrogen) atoms. The minimum absolute atomic E-state index is 0.237. The van der Waals surface area contributed by atoms with Gasteiger partial charge < -0.3 is 0 Å². The van der Waals surface area contributed by atoms with Crippen LogP contribution < -0.4 is 0 Å². The highest BCUT2D eigenvalue weighted by Crippen LogP contribution is 2.48. The minimum atomic E-state index is 0.237. The van der Waals surface area contributed by atoms with E-state index in [1.807, 2.05) is 0 Å². The van der Waals surface area contributed by atoms with Crippen molar-refractivity contribution >= 4 is 7.92 Å². The molecule has 0 nitrogen and oxygen atoms in total. The molecular formula is C12H27P. The van der Waals surface area contributed by atoms with Gasteiger partial charge in [0.25, 0.3) is 0 Å². The minimum Gasteiger partial charge on any atom is -0.113 e. The molecule has 0 radical (unpaired) electrons. The summed E-state index contributed by atoms with van der Waals surface area (Å²) in [7, 11) is 0.237. The smallest absolute Gasteiger partial charge is 0.0264 e. The van der Waals surface area contributed by atoms with E-state index in [-0.39, 0.29) is 7.92 Å².